The van der Waals surface area contributed by atoms with Crippen LogP contribution in [0.3, 0.4) is 0 Å². The molecule has 2 rings (SSSR count). The van der Waals surface area contributed by atoms with E-state index < -0.39 is 0 Å². The van der Waals surface area contributed by atoms with Crippen LogP contribution in [0.1, 0.15) is 5.56 Å². The minimum Gasteiger partial charge on any atom is -0.508 e. The van der Waals surface area contributed by atoms with Crippen molar-refractivity contribution in [1.29, 1.82) is 0 Å². The van der Waals surface area contributed by atoms with E-state index in [4.69, 9.17) is 10.2 Å². The highest BCUT2D eigenvalue weighted by Crippen LogP contribution is 2.28. The Morgan fingerprint density at radius 2 is 1.58 bits per heavy atom. The highest BCUT2D eigenvalue weighted by molar-refractivity contribution is 5.87. The lowest BCUT2D eigenvalue weighted by molar-refractivity contribution is 0.155. The molecule has 4 nitrogen and oxygen atoms in total. The Morgan fingerprint density at radius 3 is 2.26 bits per heavy atom. The van der Waals surface area contributed by atoms with Gasteiger partial charge in [0, 0.05) is 25.2 Å². The maximum Gasteiger partial charge on any atom is 0.120 e. The van der Waals surface area contributed by atoms with Crippen molar-refractivity contribution in [2.75, 3.05) is 26.3 Å². The number of nitrogens with zero attached hydrogens (tertiary/aromatic N) is 1. The molecule has 0 amide bonds. The van der Waals surface area contributed by atoms with Gasteiger partial charge in [-0.25, -0.2) is 0 Å². The van der Waals surface area contributed by atoms with Crippen LogP contribution in [0.5, 0.6) is 5.75 Å². The van der Waals surface area contributed by atoms with Gasteiger partial charge in [0.05, 0.1) is 13.2 Å². The predicted octanol–water partition coefficient (Wildman–Crippen LogP) is 1.33. The molecule has 3 N–H and O–H groups in total. The second-order valence-corrected chi connectivity index (χ2v) is 4.51. The monoisotopic (exact) mass is 261 g/mol. The summed E-state index contributed by atoms with van der Waals surface area (Å²) in [5.41, 5.74) is 0.833. The maximum atomic E-state index is 10.0. The van der Waals surface area contributed by atoms with Crippen LogP contribution < -0.4 is 0 Å². The molecule has 0 bridgehead atoms. The molecular formula is C15H19NO3. The number of phenols is 1. The Hall–Kier alpha value is -1.62. The first-order valence-corrected chi connectivity index (χ1v) is 6.40. The van der Waals surface area contributed by atoms with Crippen molar-refractivity contribution < 1.29 is 15.3 Å². The molecule has 0 spiro atoms. The summed E-state index contributed by atoms with van der Waals surface area (Å²) < 4.78 is 0. The molecule has 0 atom stereocenters. The smallest absolute Gasteiger partial charge is 0.120 e. The summed E-state index contributed by atoms with van der Waals surface area (Å²) in [7, 11) is 0. The lowest BCUT2D eigenvalue weighted by atomic mass is 10.0. The minimum absolute atomic E-state index is 0.0333. The first-order valence-electron chi connectivity index (χ1n) is 6.40. The van der Waals surface area contributed by atoms with Crippen LogP contribution in [0.2, 0.25) is 0 Å². The highest BCUT2D eigenvalue weighted by atomic mass is 16.3. The molecule has 2 aromatic rings. The molecule has 0 aliphatic rings. The number of hydrogen-bond donors (Lipinski definition) is 3. The van der Waals surface area contributed by atoms with Gasteiger partial charge < -0.3 is 15.3 Å². The van der Waals surface area contributed by atoms with Crippen LogP contribution >= 0.6 is 0 Å². The molecule has 0 aliphatic heterocycles. The van der Waals surface area contributed by atoms with Crippen molar-refractivity contribution in [2.45, 2.75) is 6.54 Å². The number of fused-ring (bicyclic) bond motifs is 1. The van der Waals surface area contributed by atoms with Crippen LogP contribution in [-0.4, -0.2) is 46.5 Å². The van der Waals surface area contributed by atoms with E-state index in [2.05, 4.69) is 0 Å². The van der Waals surface area contributed by atoms with Gasteiger partial charge in [0.15, 0.2) is 0 Å². The first kappa shape index (κ1) is 13.8. The number of aromatic hydroxyl groups is 1. The van der Waals surface area contributed by atoms with Gasteiger partial charge >= 0.3 is 0 Å². The Balaban J connectivity index is 2.34. The number of aliphatic hydroxyl groups is 2. The van der Waals surface area contributed by atoms with Crippen LogP contribution in [-0.2, 0) is 6.54 Å². The summed E-state index contributed by atoms with van der Waals surface area (Å²) in [5, 5.41) is 30.2. The maximum absolute atomic E-state index is 10.0. The summed E-state index contributed by atoms with van der Waals surface area (Å²) in [6.07, 6.45) is 0. The summed E-state index contributed by atoms with van der Waals surface area (Å²) in [5.74, 6) is 0.250. The zero-order valence-corrected chi connectivity index (χ0v) is 10.8. The second kappa shape index (κ2) is 6.52. The number of aliphatic hydroxyl groups excluding tert-OH is 2. The van der Waals surface area contributed by atoms with Crippen molar-refractivity contribution in [2.24, 2.45) is 0 Å². The third-order valence-corrected chi connectivity index (χ3v) is 3.23. The van der Waals surface area contributed by atoms with E-state index in [1.165, 1.54) is 0 Å². The predicted molar refractivity (Wildman–Crippen MR) is 75.1 cm³/mol. The van der Waals surface area contributed by atoms with Crippen molar-refractivity contribution in [3.8, 4) is 5.75 Å². The van der Waals surface area contributed by atoms with Crippen molar-refractivity contribution in [3.05, 3.63) is 42.0 Å². The van der Waals surface area contributed by atoms with Crippen LogP contribution in [0.4, 0.5) is 0 Å². The van der Waals surface area contributed by atoms with E-state index in [1.807, 2.05) is 35.2 Å². The van der Waals surface area contributed by atoms with E-state index in [9.17, 15) is 5.11 Å². The molecule has 4 heteroatoms. The standard InChI is InChI=1S/C15H19NO3/c17-9-7-16(8-10-18)11-14-13-4-2-1-3-12(13)5-6-15(14)19/h1-6,17-19H,7-11H2. The topological polar surface area (TPSA) is 63.9 Å². The molecule has 0 aromatic heterocycles. The molecule has 2 aromatic carbocycles. The Labute approximate surface area is 112 Å². The molecule has 102 valence electrons. The SMILES string of the molecule is OCCN(CCO)Cc1c(O)ccc2ccccc12. The lowest BCUT2D eigenvalue weighted by Crippen LogP contribution is -2.29. The minimum atomic E-state index is 0.0333. The Morgan fingerprint density at radius 1 is 0.895 bits per heavy atom. The summed E-state index contributed by atoms with van der Waals surface area (Å²) in [6.45, 7) is 1.53. The van der Waals surface area contributed by atoms with Crippen LogP contribution in [0.15, 0.2) is 36.4 Å². The van der Waals surface area contributed by atoms with Gasteiger partial charge in [-0.3, -0.25) is 4.90 Å². The van der Waals surface area contributed by atoms with E-state index in [0.717, 1.165) is 16.3 Å². The average Bonchev–Trinajstić information content (AvgIpc) is 2.42. The molecule has 0 aliphatic carbocycles. The van der Waals surface area contributed by atoms with Gasteiger partial charge in [-0.2, -0.15) is 0 Å². The van der Waals surface area contributed by atoms with Gasteiger partial charge in [0.1, 0.15) is 5.75 Å². The van der Waals surface area contributed by atoms with E-state index in [0.29, 0.717) is 19.6 Å². The first-order chi connectivity index (χ1) is 9.26. The fraction of sp³-hybridized carbons (Fsp3) is 0.333. The normalized spacial score (nSPS) is 11.3. The molecule has 0 saturated carbocycles. The van der Waals surface area contributed by atoms with Gasteiger partial charge in [0.2, 0.25) is 0 Å². The molecule has 0 unspecified atom stereocenters. The van der Waals surface area contributed by atoms with Gasteiger partial charge in [0.25, 0.3) is 0 Å². The van der Waals surface area contributed by atoms with Gasteiger partial charge in [-0.1, -0.05) is 30.3 Å². The van der Waals surface area contributed by atoms with Crippen molar-refractivity contribution >= 4 is 10.8 Å². The van der Waals surface area contributed by atoms with Crippen molar-refractivity contribution in [3.63, 3.8) is 0 Å². The second-order valence-electron chi connectivity index (χ2n) is 4.51. The molecule has 0 radical (unpaired) electrons. The van der Waals surface area contributed by atoms with Gasteiger partial charge in [-0.15, -0.1) is 0 Å². The summed E-state index contributed by atoms with van der Waals surface area (Å²) in [4.78, 5) is 1.92. The number of phenolic OH excluding ortho intramolecular Hbond substituents is 1. The molecule has 19 heavy (non-hydrogen) atoms. The molecule has 0 fully saturated rings. The molecule has 0 heterocycles. The Bertz CT molecular complexity index is 536. The highest BCUT2D eigenvalue weighted by Gasteiger charge is 2.11. The third-order valence-electron chi connectivity index (χ3n) is 3.23. The largest absolute Gasteiger partial charge is 0.508 e. The fourth-order valence-corrected chi connectivity index (χ4v) is 2.27. The Kier molecular flexibility index (Phi) is 4.74. The fourth-order valence-electron chi connectivity index (χ4n) is 2.27. The molecule has 0 saturated heterocycles. The van der Waals surface area contributed by atoms with Crippen LogP contribution in [0, 0.1) is 0 Å². The summed E-state index contributed by atoms with van der Waals surface area (Å²) in [6, 6.07) is 11.4. The molecular weight excluding hydrogens is 242 g/mol. The zero-order valence-electron chi connectivity index (χ0n) is 10.8. The number of benzene rings is 2. The van der Waals surface area contributed by atoms with E-state index in [-0.39, 0.29) is 19.0 Å². The van der Waals surface area contributed by atoms with Crippen LogP contribution in [0.25, 0.3) is 10.8 Å². The van der Waals surface area contributed by atoms with E-state index in [1.54, 1.807) is 6.07 Å². The third kappa shape index (κ3) is 3.23. The average molecular weight is 261 g/mol. The number of hydrogen-bond acceptors (Lipinski definition) is 4. The zero-order chi connectivity index (χ0) is 13.7. The van der Waals surface area contributed by atoms with Gasteiger partial charge in [-0.05, 0) is 16.8 Å². The quantitative estimate of drug-likeness (QED) is 0.734. The number of rotatable bonds is 6. The van der Waals surface area contributed by atoms with E-state index >= 15 is 0 Å². The summed E-state index contributed by atoms with van der Waals surface area (Å²) >= 11 is 0. The lowest BCUT2D eigenvalue weighted by Gasteiger charge is -2.21. The van der Waals surface area contributed by atoms with Crippen molar-refractivity contribution in [1.82, 2.24) is 4.90 Å².